The van der Waals surface area contributed by atoms with E-state index in [0.717, 1.165) is 12.8 Å². The van der Waals surface area contributed by atoms with Crippen molar-refractivity contribution in [3.63, 3.8) is 0 Å². The van der Waals surface area contributed by atoms with E-state index in [1.54, 1.807) is 6.07 Å². The van der Waals surface area contributed by atoms with E-state index in [4.69, 9.17) is 10.9 Å². The molecule has 2 aromatic rings. The molecule has 112 valence electrons. The number of aryl methyl sites for hydroxylation is 1. The second-order valence-corrected chi connectivity index (χ2v) is 6.37. The number of sulfonamides is 1. The molecular weight excluding hydrogens is 286 g/mol. The minimum Gasteiger partial charge on any atom is -0.397 e. The Labute approximate surface area is 125 Å². The molecule has 5 nitrogen and oxygen atoms in total. The van der Waals surface area contributed by atoms with Gasteiger partial charge in [-0.05, 0) is 36.6 Å². The Morgan fingerprint density at radius 3 is 2.43 bits per heavy atom. The Kier molecular flexibility index (Phi) is 4.82. The maximum Gasteiger partial charge on any atom is 0.238 e. The van der Waals surface area contributed by atoms with Crippen LogP contribution in [0.4, 0.5) is 11.4 Å². The Balaban J connectivity index is 1.94. The van der Waals surface area contributed by atoms with Gasteiger partial charge in [-0.25, -0.2) is 13.6 Å². The van der Waals surface area contributed by atoms with Crippen LogP contribution in [0.5, 0.6) is 0 Å². The Morgan fingerprint density at radius 1 is 1.05 bits per heavy atom. The van der Waals surface area contributed by atoms with Gasteiger partial charge < -0.3 is 11.1 Å². The average molecular weight is 305 g/mol. The van der Waals surface area contributed by atoms with Crippen LogP contribution in [0.2, 0.25) is 0 Å². The monoisotopic (exact) mass is 305 g/mol. The minimum absolute atomic E-state index is 0.0576. The number of nitrogen functional groups attached to an aromatic ring is 1. The van der Waals surface area contributed by atoms with E-state index in [-0.39, 0.29) is 4.90 Å². The van der Waals surface area contributed by atoms with Crippen LogP contribution in [0.15, 0.2) is 53.4 Å². The third-order valence-corrected chi connectivity index (χ3v) is 4.06. The maximum absolute atomic E-state index is 11.3. The van der Waals surface area contributed by atoms with Crippen LogP contribution in [-0.4, -0.2) is 15.0 Å². The number of nitrogens with one attached hydrogen (secondary N) is 1. The van der Waals surface area contributed by atoms with Crippen LogP contribution in [0.3, 0.4) is 0 Å². The number of benzene rings is 2. The van der Waals surface area contributed by atoms with Gasteiger partial charge in [0.25, 0.3) is 0 Å². The van der Waals surface area contributed by atoms with Gasteiger partial charge in [-0.2, -0.15) is 0 Å². The van der Waals surface area contributed by atoms with Crippen LogP contribution >= 0.6 is 0 Å². The zero-order valence-electron chi connectivity index (χ0n) is 11.6. The highest BCUT2D eigenvalue weighted by molar-refractivity contribution is 7.89. The molecule has 0 aliphatic rings. The molecule has 0 unspecified atom stereocenters. The summed E-state index contributed by atoms with van der Waals surface area (Å²) in [4.78, 5) is 0.0576. The molecule has 21 heavy (non-hydrogen) atoms. The molecule has 0 aliphatic heterocycles. The number of nitrogens with two attached hydrogens (primary N) is 2. The van der Waals surface area contributed by atoms with Crippen molar-refractivity contribution in [2.45, 2.75) is 17.7 Å². The lowest BCUT2D eigenvalue weighted by molar-refractivity contribution is 0.598. The van der Waals surface area contributed by atoms with E-state index in [9.17, 15) is 8.42 Å². The normalized spacial score (nSPS) is 11.3. The van der Waals surface area contributed by atoms with Gasteiger partial charge in [0.15, 0.2) is 0 Å². The lowest BCUT2D eigenvalue weighted by Gasteiger charge is -2.10. The molecule has 2 aromatic carbocycles. The van der Waals surface area contributed by atoms with E-state index in [0.29, 0.717) is 17.9 Å². The van der Waals surface area contributed by atoms with E-state index >= 15 is 0 Å². The van der Waals surface area contributed by atoms with Gasteiger partial charge in [0.2, 0.25) is 10.0 Å². The van der Waals surface area contributed by atoms with Crippen molar-refractivity contribution in [1.29, 1.82) is 0 Å². The van der Waals surface area contributed by atoms with Crippen molar-refractivity contribution in [3.05, 3.63) is 54.1 Å². The predicted octanol–water partition coefficient (Wildman–Crippen LogP) is 1.96. The molecule has 0 amide bonds. The summed E-state index contributed by atoms with van der Waals surface area (Å²) in [5, 5.41) is 8.26. The lowest BCUT2D eigenvalue weighted by Crippen LogP contribution is -2.13. The first-order chi connectivity index (χ1) is 9.97. The fourth-order valence-electron chi connectivity index (χ4n) is 2.03. The first-order valence-corrected chi connectivity index (χ1v) is 8.21. The molecule has 0 radical (unpaired) electrons. The standard InChI is InChI=1S/C15H19N3O2S/c16-14-9-8-13(21(17,19)20)11-15(14)18-10-4-7-12-5-2-1-3-6-12/h1-3,5-6,8-9,11,18H,4,7,10,16H2,(H2,17,19,20). The van der Waals surface area contributed by atoms with Crippen molar-refractivity contribution in [1.82, 2.24) is 0 Å². The molecule has 0 aliphatic carbocycles. The highest BCUT2D eigenvalue weighted by atomic mass is 32.2. The Bertz CT molecular complexity index is 700. The summed E-state index contributed by atoms with van der Waals surface area (Å²) in [7, 11) is -3.71. The summed E-state index contributed by atoms with van der Waals surface area (Å²) >= 11 is 0. The maximum atomic E-state index is 11.3. The molecule has 5 N–H and O–H groups in total. The predicted molar refractivity (Wildman–Crippen MR) is 85.5 cm³/mol. The summed E-state index contributed by atoms with van der Waals surface area (Å²) in [5.74, 6) is 0. The van der Waals surface area contributed by atoms with E-state index < -0.39 is 10.0 Å². The molecule has 0 saturated carbocycles. The molecule has 0 fully saturated rings. The Hall–Kier alpha value is -2.05. The zero-order valence-corrected chi connectivity index (χ0v) is 12.4. The molecule has 0 atom stereocenters. The summed E-state index contributed by atoms with van der Waals surface area (Å²) in [6, 6.07) is 14.6. The minimum atomic E-state index is -3.71. The fraction of sp³-hybridized carbons (Fsp3) is 0.200. The van der Waals surface area contributed by atoms with Crippen molar-refractivity contribution in [3.8, 4) is 0 Å². The SMILES string of the molecule is Nc1ccc(S(N)(=O)=O)cc1NCCCc1ccccc1. The number of primary sulfonamides is 1. The van der Waals surface area contributed by atoms with Crippen LogP contribution in [0.25, 0.3) is 0 Å². The largest absolute Gasteiger partial charge is 0.397 e. The van der Waals surface area contributed by atoms with Gasteiger partial charge >= 0.3 is 0 Å². The number of hydrogen-bond donors (Lipinski definition) is 3. The Morgan fingerprint density at radius 2 is 1.76 bits per heavy atom. The van der Waals surface area contributed by atoms with Crippen LogP contribution in [-0.2, 0) is 16.4 Å². The first-order valence-electron chi connectivity index (χ1n) is 6.67. The quantitative estimate of drug-likeness (QED) is 0.561. The van der Waals surface area contributed by atoms with E-state index in [1.165, 1.54) is 17.7 Å². The fourth-order valence-corrected chi connectivity index (χ4v) is 2.57. The number of hydrogen-bond acceptors (Lipinski definition) is 4. The lowest BCUT2D eigenvalue weighted by atomic mass is 10.1. The summed E-state index contributed by atoms with van der Waals surface area (Å²) in [6.45, 7) is 0.702. The van der Waals surface area contributed by atoms with Gasteiger partial charge in [0.1, 0.15) is 0 Å². The van der Waals surface area contributed by atoms with Crippen LogP contribution in [0, 0.1) is 0 Å². The third-order valence-electron chi connectivity index (χ3n) is 3.15. The molecule has 0 spiro atoms. The molecule has 0 heterocycles. The number of rotatable bonds is 6. The average Bonchev–Trinajstić information content (AvgIpc) is 2.45. The molecule has 0 aromatic heterocycles. The van der Waals surface area contributed by atoms with Crippen molar-refractivity contribution in [2.24, 2.45) is 5.14 Å². The van der Waals surface area contributed by atoms with E-state index in [2.05, 4.69) is 17.4 Å². The van der Waals surface area contributed by atoms with Crippen molar-refractivity contribution in [2.75, 3.05) is 17.6 Å². The van der Waals surface area contributed by atoms with Gasteiger partial charge in [-0.1, -0.05) is 30.3 Å². The van der Waals surface area contributed by atoms with Gasteiger partial charge in [-0.3, -0.25) is 0 Å². The van der Waals surface area contributed by atoms with Crippen molar-refractivity contribution >= 4 is 21.4 Å². The first kappa shape index (κ1) is 15.3. The van der Waals surface area contributed by atoms with Crippen molar-refractivity contribution < 1.29 is 8.42 Å². The van der Waals surface area contributed by atoms with E-state index in [1.807, 2.05) is 18.2 Å². The highest BCUT2D eigenvalue weighted by Crippen LogP contribution is 2.22. The molecular formula is C15H19N3O2S. The summed E-state index contributed by atoms with van der Waals surface area (Å²) < 4.78 is 22.6. The van der Waals surface area contributed by atoms with Gasteiger partial charge in [0.05, 0.1) is 16.3 Å². The highest BCUT2D eigenvalue weighted by Gasteiger charge is 2.09. The summed E-state index contributed by atoms with van der Waals surface area (Å²) in [5.41, 5.74) is 8.19. The summed E-state index contributed by atoms with van der Waals surface area (Å²) in [6.07, 6.45) is 1.87. The molecule has 2 rings (SSSR count). The van der Waals surface area contributed by atoms with Crippen LogP contribution < -0.4 is 16.2 Å². The van der Waals surface area contributed by atoms with Gasteiger partial charge in [-0.15, -0.1) is 0 Å². The van der Waals surface area contributed by atoms with Crippen LogP contribution in [0.1, 0.15) is 12.0 Å². The zero-order chi connectivity index (χ0) is 15.3. The topological polar surface area (TPSA) is 98.2 Å². The number of anilines is 2. The molecule has 0 bridgehead atoms. The van der Waals surface area contributed by atoms with Gasteiger partial charge in [0, 0.05) is 6.54 Å². The smallest absolute Gasteiger partial charge is 0.238 e. The molecule has 6 heteroatoms. The second kappa shape index (κ2) is 6.60. The third kappa shape index (κ3) is 4.47. The second-order valence-electron chi connectivity index (χ2n) is 4.81. The molecule has 0 saturated heterocycles.